The van der Waals surface area contributed by atoms with Gasteiger partial charge in [-0.05, 0) is 49.9 Å². The highest BCUT2D eigenvalue weighted by atomic mass is 32.2. The van der Waals surface area contributed by atoms with E-state index in [-0.39, 0.29) is 10.8 Å². The minimum Gasteiger partial charge on any atom is -0.348 e. The van der Waals surface area contributed by atoms with Crippen LogP contribution in [0.1, 0.15) is 39.9 Å². The molecular weight excluding hydrogens is 348 g/mol. The Morgan fingerprint density at radius 2 is 1.81 bits per heavy atom. The normalized spacial score (nSPS) is 15.2. The number of carbonyl (C=O) groups is 1. The molecule has 0 aromatic heterocycles. The van der Waals surface area contributed by atoms with E-state index in [9.17, 15) is 13.2 Å². The molecule has 0 spiro atoms. The van der Waals surface area contributed by atoms with E-state index in [2.05, 4.69) is 5.32 Å². The summed E-state index contributed by atoms with van der Waals surface area (Å²) in [5.41, 5.74) is 3.16. The van der Waals surface area contributed by atoms with Gasteiger partial charge in [-0.15, -0.1) is 0 Å². The van der Waals surface area contributed by atoms with Gasteiger partial charge in [-0.3, -0.25) is 4.79 Å². The standard InChI is InChI=1S/C20H24N2O3S/c1-15-6-5-7-17(12-15)14-21-20(23)18-9-8-16(2)19(13-18)26(24,25)22-10-3-4-11-22/h5-9,12-13H,3-4,10-11,14H2,1-2H3,(H,21,23). The van der Waals surface area contributed by atoms with Crippen LogP contribution >= 0.6 is 0 Å². The van der Waals surface area contributed by atoms with Crippen LogP contribution in [-0.2, 0) is 16.6 Å². The van der Waals surface area contributed by atoms with Gasteiger partial charge in [0.1, 0.15) is 0 Å². The fraction of sp³-hybridized carbons (Fsp3) is 0.350. The predicted molar refractivity (Wildman–Crippen MR) is 102 cm³/mol. The van der Waals surface area contributed by atoms with Crippen molar-refractivity contribution in [2.24, 2.45) is 0 Å². The Hall–Kier alpha value is -2.18. The van der Waals surface area contributed by atoms with Gasteiger partial charge in [0, 0.05) is 25.2 Å². The lowest BCUT2D eigenvalue weighted by atomic mass is 10.1. The van der Waals surface area contributed by atoms with Crippen molar-refractivity contribution in [3.05, 3.63) is 64.7 Å². The van der Waals surface area contributed by atoms with Crippen molar-refractivity contribution < 1.29 is 13.2 Å². The van der Waals surface area contributed by atoms with E-state index in [0.717, 1.165) is 24.0 Å². The summed E-state index contributed by atoms with van der Waals surface area (Å²) in [6.07, 6.45) is 1.77. The molecule has 0 atom stereocenters. The summed E-state index contributed by atoms with van der Waals surface area (Å²) in [5.74, 6) is -0.274. The smallest absolute Gasteiger partial charge is 0.251 e. The molecule has 3 rings (SSSR count). The molecule has 0 radical (unpaired) electrons. The zero-order valence-corrected chi connectivity index (χ0v) is 16.0. The summed E-state index contributed by atoms with van der Waals surface area (Å²) in [4.78, 5) is 12.7. The molecule has 1 fully saturated rings. The number of aryl methyl sites for hydroxylation is 2. The molecular formula is C20H24N2O3S. The summed E-state index contributed by atoms with van der Waals surface area (Å²) in [6.45, 7) is 5.26. The third-order valence-electron chi connectivity index (χ3n) is 4.67. The molecule has 1 amide bonds. The second-order valence-corrected chi connectivity index (χ2v) is 8.67. The number of carbonyl (C=O) groups excluding carboxylic acids is 1. The first-order chi connectivity index (χ1) is 12.4. The number of nitrogens with zero attached hydrogens (tertiary/aromatic N) is 1. The van der Waals surface area contributed by atoms with Crippen molar-refractivity contribution in [3.63, 3.8) is 0 Å². The van der Waals surface area contributed by atoms with Gasteiger partial charge in [0.15, 0.2) is 0 Å². The molecule has 5 nitrogen and oxygen atoms in total. The van der Waals surface area contributed by atoms with Gasteiger partial charge in [0.25, 0.3) is 5.91 Å². The predicted octanol–water partition coefficient (Wildman–Crippen LogP) is 3.02. The van der Waals surface area contributed by atoms with Crippen LogP contribution in [0.2, 0.25) is 0 Å². The van der Waals surface area contributed by atoms with Crippen LogP contribution in [0.4, 0.5) is 0 Å². The Bertz CT molecular complexity index is 916. The molecule has 2 aromatic carbocycles. The second-order valence-electron chi connectivity index (χ2n) is 6.76. The van der Waals surface area contributed by atoms with E-state index >= 15 is 0 Å². The molecule has 1 heterocycles. The molecule has 0 bridgehead atoms. The van der Waals surface area contributed by atoms with E-state index in [4.69, 9.17) is 0 Å². The molecule has 0 saturated carbocycles. The summed E-state index contributed by atoms with van der Waals surface area (Å²) < 4.78 is 27.2. The van der Waals surface area contributed by atoms with E-state index in [1.165, 1.54) is 10.4 Å². The fourth-order valence-corrected chi connectivity index (χ4v) is 4.96. The topological polar surface area (TPSA) is 66.5 Å². The summed E-state index contributed by atoms with van der Waals surface area (Å²) in [7, 11) is -3.54. The summed E-state index contributed by atoms with van der Waals surface area (Å²) >= 11 is 0. The third-order valence-corrected chi connectivity index (χ3v) is 6.71. The highest BCUT2D eigenvalue weighted by Crippen LogP contribution is 2.24. The minimum absolute atomic E-state index is 0.225. The van der Waals surface area contributed by atoms with Crippen LogP contribution in [0.5, 0.6) is 0 Å². The van der Waals surface area contributed by atoms with Crippen LogP contribution in [0.25, 0.3) is 0 Å². The number of nitrogens with one attached hydrogen (secondary N) is 1. The number of hydrogen-bond acceptors (Lipinski definition) is 3. The summed E-state index contributed by atoms with van der Waals surface area (Å²) in [5, 5.41) is 2.86. The quantitative estimate of drug-likeness (QED) is 0.877. The molecule has 138 valence electrons. The summed E-state index contributed by atoms with van der Waals surface area (Å²) in [6, 6.07) is 12.8. The van der Waals surface area contributed by atoms with Gasteiger partial charge >= 0.3 is 0 Å². The number of hydrogen-bond donors (Lipinski definition) is 1. The van der Waals surface area contributed by atoms with Crippen LogP contribution < -0.4 is 5.32 Å². The van der Waals surface area contributed by atoms with Crippen LogP contribution in [0, 0.1) is 13.8 Å². The lowest BCUT2D eigenvalue weighted by molar-refractivity contribution is 0.0950. The van der Waals surface area contributed by atoms with Crippen molar-refractivity contribution in [1.82, 2.24) is 9.62 Å². The number of benzene rings is 2. The lowest BCUT2D eigenvalue weighted by Crippen LogP contribution is -2.29. The zero-order chi connectivity index (χ0) is 18.7. The SMILES string of the molecule is Cc1cccc(CNC(=O)c2ccc(C)c(S(=O)(=O)N3CCCC3)c2)c1. The molecule has 1 saturated heterocycles. The Morgan fingerprint density at radius 3 is 2.50 bits per heavy atom. The molecule has 6 heteroatoms. The maximum atomic E-state index is 12.8. The molecule has 1 aliphatic rings. The average molecular weight is 372 g/mol. The highest BCUT2D eigenvalue weighted by Gasteiger charge is 2.29. The van der Waals surface area contributed by atoms with Gasteiger partial charge in [-0.25, -0.2) is 8.42 Å². The Morgan fingerprint density at radius 1 is 1.08 bits per heavy atom. The number of amides is 1. The first-order valence-electron chi connectivity index (χ1n) is 8.82. The first kappa shape index (κ1) is 18.6. The Labute approximate surface area is 155 Å². The molecule has 2 aromatic rings. The maximum absolute atomic E-state index is 12.8. The van der Waals surface area contributed by atoms with Crippen LogP contribution in [0.15, 0.2) is 47.4 Å². The average Bonchev–Trinajstić information content (AvgIpc) is 3.15. The van der Waals surface area contributed by atoms with Crippen LogP contribution in [-0.4, -0.2) is 31.7 Å². The van der Waals surface area contributed by atoms with Gasteiger partial charge in [-0.2, -0.15) is 4.31 Å². The monoisotopic (exact) mass is 372 g/mol. The molecule has 1 N–H and O–H groups in total. The van der Waals surface area contributed by atoms with Crippen molar-refractivity contribution >= 4 is 15.9 Å². The lowest BCUT2D eigenvalue weighted by Gasteiger charge is -2.18. The second kappa shape index (κ2) is 7.60. The first-order valence-corrected chi connectivity index (χ1v) is 10.3. The Balaban J connectivity index is 1.79. The molecule has 26 heavy (non-hydrogen) atoms. The van der Waals surface area contributed by atoms with Gasteiger partial charge in [0.2, 0.25) is 10.0 Å². The van der Waals surface area contributed by atoms with Crippen molar-refractivity contribution in [1.29, 1.82) is 0 Å². The number of sulfonamides is 1. The fourth-order valence-electron chi connectivity index (χ4n) is 3.19. The van der Waals surface area contributed by atoms with Gasteiger partial charge < -0.3 is 5.32 Å². The molecule has 0 unspecified atom stereocenters. The molecule has 0 aliphatic carbocycles. The highest BCUT2D eigenvalue weighted by molar-refractivity contribution is 7.89. The Kier molecular flexibility index (Phi) is 5.44. The minimum atomic E-state index is -3.54. The van der Waals surface area contributed by atoms with Crippen molar-refractivity contribution in [2.45, 2.75) is 38.1 Å². The van der Waals surface area contributed by atoms with Crippen LogP contribution in [0.3, 0.4) is 0 Å². The maximum Gasteiger partial charge on any atom is 0.251 e. The van der Waals surface area contributed by atoms with Gasteiger partial charge in [-0.1, -0.05) is 35.9 Å². The van der Waals surface area contributed by atoms with Crippen molar-refractivity contribution in [2.75, 3.05) is 13.1 Å². The van der Waals surface area contributed by atoms with E-state index in [1.807, 2.05) is 31.2 Å². The third kappa shape index (κ3) is 3.97. The van der Waals surface area contributed by atoms with E-state index in [0.29, 0.717) is 30.8 Å². The molecule has 1 aliphatic heterocycles. The van der Waals surface area contributed by atoms with E-state index in [1.54, 1.807) is 19.1 Å². The number of rotatable bonds is 5. The largest absolute Gasteiger partial charge is 0.348 e. The zero-order valence-electron chi connectivity index (χ0n) is 15.2. The van der Waals surface area contributed by atoms with E-state index < -0.39 is 10.0 Å². The van der Waals surface area contributed by atoms with Gasteiger partial charge in [0.05, 0.1) is 4.90 Å². The van der Waals surface area contributed by atoms with Crippen molar-refractivity contribution in [3.8, 4) is 0 Å².